The molecular weight excluding hydrogens is 290 g/mol. The van der Waals surface area contributed by atoms with Crippen LogP contribution in [-0.4, -0.2) is 10.3 Å². The Morgan fingerprint density at radius 3 is 2.44 bits per heavy atom. The van der Waals surface area contributed by atoms with Crippen LogP contribution >= 0.6 is 27.5 Å². The monoisotopic (exact) mass is 297 g/mol. The molecule has 1 heterocycles. The van der Waals surface area contributed by atoms with Gasteiger partial charge in [0.15, 0.2) is 0 Å². The molecule has 0 spiro atoms. The number of nitrogens with two attached hydrogens (primary N) is 2. The molecule has 1 aromatic carbocycles. The minimum Gasteiger partial charge on any atom is -0.396 e. The maximum absolute atomic E-state index is 11.0. The fourth-order valence-corrected chi connectivity index (χ4v) is 2.23. The maximum atomic E-state index is 11.0. The third kappa shape index (κ3) is 1.94. The van der Waals surface area contributed by atoms with Crippen LogP contribution in [0.1, 0.15) is 9.67 Å². The standard InChI is InChI=1S/C10H8BrN3OS/c11-6-3-1-5(2-4-6)8-7(12)9(10(13)15)16-14-8/h1-4H,12H2,(H2,13,15). The highest BCUT2D eigenvalue weighted by molar-refractivity contribution is 9.10. The smallest absolute Gasteiger partial charge is 0.262 e. The predicted octanol–water partition coefficient (Wildman–Crippen LogP) is 2.25. The van der Waals surface area contributed by atoms with Crippen LogP contribution in [0.15, 0.2) is 28.7 Å². The molecule has 0 fully saturated rings. The van der Waals surface area contributed by atoms with Gasteiger partial charge in [-0.05, 0) is 23.7 Å². The highest BCUT2D eigenvalue weighted by atomic mass is 79.9. The summed E-state index contributed by atoms with van der Waals surface area (Å²) < 4.78 is 5.11. The second-order valence-corrected chi connectivity index (χ2v) is 4.83. The van der Waals surface area contributed by atoms with E-state index in [1.165, 1.54) is 0 Å². The number of carbonyl (C=O) groups excluding carboxylic acids is 1. The number of hydrogen-bond donors (Lipinski definition) is 2. The van der Waals surface area contributed by atoms with Crippen LogP contribution in [0.5, 0.6) is 0 Å². The molecule has 16 heavy (non-hydrogen) atoms. The minimum absolute atomic E-state index is 0.304. The number of amides is 1. The Balaban J connectivity index is 2.49. The fourth-order valence-electron chi connectivity index (χ4n) is 1.29. The summed E-state index contributed by atoms with van der Waals surface area (Å²) in [4.78, 5) is 11.3. The Morgan fingerprint density at radius 2 is 1.94 bits per heavy atom. The van der Waals surface area contributed by atoms with Crippen molar-refractivity contribution in [2.75, 3.05) is 5.73 Å². The van der Waals surface area contributed by atoms with E-state index in [1.54, 1.807) is 0 Å². The number of hydrogen-bond acceptors (Lipinski definition) is 4. The largest absolute Gasteiger partial charge is 0.396 e. The van der Waals surface area contributed by atoms with Crippen LogP contribution in [0.4, 0.5) is 5.69 Å². The van der Waals surface area contributed by atoms with Gasteiger partial charge in [0.05, 0.1) is 5.69 Å². The maximum Gasteiger partial charge on any atom is 0.262 e. The predicted molar refractivity (Wildman–Crippen MR) is 68.2 cm³/mol. The number of aromatic nitrogens is 1. The first kappa shape index (κ1) is 11.1. The van der Waals surface area contributed by atoms with Crippen molar-refractivity contribution in [3.05, 3.63) is 33.6 Å². The molecule has 0 aliphatic carbocycles. The van der Waals surface area contributed by atoms with E-state index in [0.717, 1.165) is 21.6 Å². The van der Waals surface area contributed by atoms with Crippen molar-refractivity contribution in [2.45, 2.75) is 0 Å². The van der Waals surface area contributed by atoms with Gasteiger partial charge in [0.25, 0.3) is 5.91 Å². The highest BCUT2D eigenvalue weighted by Gasteiger charge is 2.15. The molecule has 82 valence electrons. The number of rotatable bonds is 2. The lowest BCUT2D eigenvalue weighted by atomic mass is 10.1. The number of primary amides is 1. The molecule has 0 unspecified atom stereocenters. The van der Waals surface area contributed by atoms with Crippen molar-refractivity contribution in [1.29, 1.82) is 0 Å². The van der Waals surface area contributed by atoms with Gasteiger partial charge in [-0.2, -0.15) is 4.37 Å². The van der Waals surface area contributed by atoms with Gasteiger partial charge < -0.3 is 11.5 Å². The van der Waals surface area contributed by atoms with E-state index in [1.807, 2.05) is 24.3 Å². The molecule has 2 rings (SSSR count). The van der Waals surface area contributed by atoms with Gasteiger partial charge in [-0.3, -0.25) is 4.79 Å². The molecule has 0 atom stereocenters. The molecule has 1 amide bonds. The third-order valence-electron chi connectivity index (χ3n) is 2.07. The van der Waals surface area contributed by atoms with E-state index in [9.17, 15) is 4.79 Å². The van der Waals surface area contributed by atoms with Crippen LogP contribution in [0, 0.1) is 0 Å². The molecule has 1 aromatic heterocycles. The number of carbonyl (C=O) groups is 1. The molecule has 0 saturated carbocycles. The quantitative estimate of drug-likeness (QED) is 0.892. The number of nitrogen functional groups attached to an aromatic ring is 1. The van der Waals surface area contributed by atoms with E-state index in [0.29, 0.717) is 16.3 Å². The number of nitrogens with zero attached hydrogens (tertiary/aromatic N) is 1. The van der Waals surface area contributed by atoms with E-state index in [4.69, 9.17) is 11.5 Å². The van der Waals surface area contributed by atoms with Crippen molar-refractivity contribution in [3.63, 3.8) is 0 Å². The van der Waals surface area contributed by atoms with Crippen molar-refractivity contribution >= 4 is 39.1 Å². The zero-order valence-electron chi connectivity index (χ0n) is 8.11. The minimum atomic E-state index is -0.543. The summed E-state index contributed by atoms with van der Waals surface area (Å²) in [6.07, 6.45) is 0. The normalized spacial score (nSPS) is 10.3. The Morgan fingerprint density at radius 1 is 1.31 bits per heavy atom. The summed E-state index contributed by atoms with van der Waals surface area (Å²) in [7, 11) is 0. The molecule has 0 saturated heterocycles. The molecule has 4 nitrogen and oxygen atoms in total. The van der Waals surface area contributed by atoms with E-state index in [-0.39, 0.29) is 0 Å². The molecule has 0 bridgehead atoms. The molecule has 0 aliphatic heterocycles. The second-order valence-electron chi connectivity index (χ2n) is 3.15. The average Bonchev–Trinajstić information content (AvgIpc) is 2.61. The first-order valence-electron chi connectivity index (χ1n) is 4.40. The van der Waals surface area contributed by atoms with Crippen LogP contribution < -0.4 is 11.5 Å². The van der Waals surface area contributed by atoms with E-state index < -0.39 is 5.91 Å². The summed E-state index contributed by atoms with van der Waals surface area (Å²) >= 11 is 4.36. The van der Waals surface area contributed by atoms with E-state index in [2.05, 4.69) is 20.3 Å². The second kappa shape index (κ2) is 4.23. The van der Waals surface area contributed by atoms with Gasteiger partial charge in [-0.25, -0.2) is 0 Å². The third-order valence-corrected chi connectivity index (χ3v) is 3.48. The van der Waals surface area contributed by atoms with Gasteiger partial charge in [-0.15, -0.1) is 0 Å². The SMILES string of the molecule is NC(=O)c1snc(-c2ccc(Br)cc2)c1N. The zero-order valence-corrected chi connectivity index (χ0v) is 10.5. The lowest BCUT2D eigenvalue weighted by molar-refractivity contribution is 0.100. The van der Waals surface area contributed by atoms with Gasteiger partial charge in [0.1, 0.15) is 10.6 Å². The summed E-state index contributed by atoms with van der Waals surface area (Å²) in [6, 6.07) is 7.52. The van der Waals surface area contributed by atoms with Crippen molar-refractivity contribution in [2.24, 2.45) is 5.73 Å². The lowest BCUT2D eigenvalue weighted by Gasteiger charge is -1.99. The Kier molecular flexibility index (Phi) is 2.93. The Hall–Kier alpha value is -1.40. The first-order chi connectivity index (χ1) is 7.59. The van der Waals surface area contributed by atoms with Crippen LogP contribution in [0.25, 0.3) is 11.3 Å². The fraction of sp³-hybridized carbons (Fsp3) is 0. The van der Waals surface area contributed by atoms with Crippen LogP contribution in [0.2, 0.25) is 0 Å². The number of benzene rings is 1. The zero-order chi connectivity index (χ0) is 11.7. The Bertz CT molecular complexity index is 535. The summed E-state index contributed by atoms with van der Waals surface area (Å²) in [5, 5.41) is 0. The molecule has 4 N–H and O–H groups in total. The first-order valence-corrected chi connectivity index (χ1v) is 5.97. The van der Waals surface area contributed by atoms with E-state index >= 15 is 0 Å². The highest BCUT2D eigenvalue weighted by Crippen LogP contribution is 2.30. The van der Waals surface area contributed by atoms with Gasteiger partial charge in [0, 0.05) is 10.0 Å². The lowest BCUT2D eigenvalue weighted by Crippen LogP contribution is -2.10. The topological polar surface area (TPSA) is 82.0 Å². The van der Waals surface area contributed by atoms with Crippen molar-refractivity contribution < 1.29 is 4.79 Å². The average molecular weight is 298 g/mol. The van der Waals surface area contributed by atoms with Gasteiger partial charge >= 0.3 is 0 Å². The van der Waals surface area contributed by atoms with Gasteiger partial charge in [0.2, 0.25) is 0 Å². The molecule has 2 aromatic rings. The van der Waals surface area contributed by atoms with Crippen molar-refractivity contribution in [1.82, 2.24) is 4.37 Å². The van der Waals surface area contributed by atoms with Crippen LogP contribution in [0.3, 0.4) is 0 Å². The van der Waals surface area contributed by atoms with Crippen LogP contribution in [-0.2, 0) is 0 Å². The summed E-state index contributed by atoms with van der Waals surface area (Å²) in [6.45, 7) is 0. The molecular formula is C10H8BrN3OS. The van der Waals surface area contributed by atoms with Crippen molar-refractivity contribution in [3.8, 4) is 11.3 Å². The molecule has 0 radical (unpaired) electrons. The Labute approximate surface area is 105 Å². The summed E-state index contributed by atoms with van der Waals surface area (Å²) in [5.41, 5.74) is 12.8. The molecule has 6 heteroatoms. The van der Waals surface area contributed by atoms with Gasteiger partial charge in [-0.1, -0.05) is 28.1 Å². The molecule has 0 aliphatic rings. The number of halogens is 1. The summed E-state index contributed by atoms with van der Waals surface area (Å²) in [5.74, 6) is -0.543. The number of anilines is 1.